The third kappa shape index (κ3) is 3.26. The number of hydrogen-bond acceptors (Lipinski definition) is 4. The second kappa shape index (κ2) is 5.52. The van der Waals surface area contributed by atoms with Crippen LogP contribution in [0.3, 0.4) is 0 Å². The lowest BCUT2D eigenvalue weighted by atomic mass is 9.96. The summed E-state index contributed by atoms with van der Waals surface area (Å²) in [5, 5.41) is 13.3. The van der Waals surface area contributed by atoms with Gasteiger partial charge in [0.15, 0.2) is 0 Å². The van der Waals surface area contributed by atoms with Crippen molar-refractivity contribution in [3.05, 3.63) is 23.2 Å². The van der Waals surface area contributed by atoms with Gasteiger partial charge in [-0.05, 0) is 26.8 Å². The molecule has 1 saturated heterocycles. The summed E-state index contributed by atoms with van der Waals surface area (Å²) in [5.41, 5.74) is -0.536. The minimum atomic E-state index is -1.20. The molecule has 116 valence electrons. The van der Waals surface area contributed by atoms with Crippen molar-refractivity contribution in [3.63, 3.8) is 0 Å². The van der Waals surface area contributed by atoms with E-state index in [-0.39, 0.29) is 30.7 Å². The molecule has 2 atom stereocenters. The highest BCUT2D eigenvalue weighted by Crippen LogP contribution is 2.26. The maximum Gasteiger partial charge on any atom is 0.225 e. The molecule has 1 fully saturated rings. The molecule has 1 aliphatic rings. The molecule has 6 heteroatoms. The van der Waals surface area contributed by atoms with Crippen LogP contribution in [-0.2, 0) is 15.2 Å². The molecule has 2 rings (SSSR count). The molecule has 1 aromatic heterocycles. The molecule has 2 N–H and O–H groups in total. The van der Waals surface area contributed by atoms with E-state index in [1.54, 1.807) is 31.9 Å². The van der Waals surface area contributed by atoms with Crippen LogP contribution in [0.25, 0.3) is 0 Å². The third-order valence-corrected chi connectivity index (χ3v) is 3.94. The predicted octanol–water partition coefficient (Wildman–Crippen LogP) is 0.698. The van der Waals surface area contributed by atoms with E-state index in [2.05, 4.69) is 5.32 Å². The number of likely N-dealkylation sites (tertiary alicyclic amines) is 1. The van der Waals surface area contributed by atoms with Gasteiger partial charge in [0.1, 0.15) is 17.1 Å². The van der Waals surface area contributed by atoms with Crippen LogP contribution in [0.4, 0.5) is 0 Å². The van der Waals surface area contributed by atoms with Crippen LogP contribution < -0.4 is 5.32 Å². The summed E-state index contributed by atoms with van der Waals surface area (Å²) in [6.45, 7) is 5.74. The second-order valence-corrected chi connectivity index (χ2v) is 5.99. The first-order valence-electron chi connectivity index (χ1n) is 7.02. The zero-order valence-corrected chi connectivity index (χ0v) is 12.9. The molecule has 2 unspecified atom stereocenters. The molecule has 2 heterocycles. The van der Waals surface area contributed by atoms with Crippen LogP contribution in [0.5, 0.6) is 0 Å². The van der Waals surface area contributed by atoms with Gasteiger partial charge in [0.25, 0.3) is 0 Å². The Labute approximate surface area is 124 Å². The first-order chi connectivity index (χ1) is 9.70. The second-order valence-electron chi connectivity index (χ2n) is 5.99. The normalized spacial score (nSPS) is 21.5. The number of nitrogens with one attached hydrogen (secondary N) is 1. The van der Waals surface area contributed by atoms with Gasteiger partial charge in [0.2, 0.25) is 11.8 Å². The van der Waals surface area contributed by atoms with Crippen LogP contribution in [0.1, 0.15) is 30.4 Å². The van der Waals surface area contributed by atoms with Gasteiger partial charge < -0.3 is 19.7 Å². The van der Waals surface area contributed by atoms with E-state index in [1.807, 2.05) is 6.92 Å². The van der Waals surface area contributed by atoms with Crippen LogP contribution in [-0.4, -0.2) is 42.0 Å². The number of furan rings is 1. The van der Waals surface area contributed by atoms with Gasteiger partial charge in [-0.15, -0.1) is 0 Å². The molecule has 0 aromatic carbocycles. The van der Waals surface area contributed by atoms with E-state index in [0.717, 1.165) is 5.76 Å². The van der Waals surface area contributed by atoms with Crippen molar-refractivity contribution in [3.8, 4) is 0 Å². The minimum absolute atomic E-state index is 0.0248. The lowest BCUT2D eigenvalue weighted by Crippen LogP contribution is -2.41. The number of amides is 2. The number of aliphatic hydroxyl groups is 1. The van der Waals surface area contributed by atoms with Crippen LogP contribution in [0.15, 0.2) is 10.5 Å². The number of rotatable bonds is 4. The molecule has 0 radical (unpaired) electrons. The number of carbonyl (C=O) groups is 2. The van der Waals surface area contributed by atoms with Gasteiger partial charge in [-0.25, -0.2) is 0 Å². The van der Waals surface area contributed by atoms with E-state index in [1.165, 1.54) is 0 Å². The molecule has 0 spiro atoms. The Kier molecular flexibility index (Phi) is 4.09. The highest BCUT2D eigenvalue weighted by atomic mass is 16.3. The zero-order chi connectivity index (χ0) is 15.8. The van der Waals surface area contributed by atoms with Crippen molar-refractivity contribution < 1.29 is 19.1 Å². The fourth-order valence-electron chi connectivity index (χ4n) is 2.70. The molecule has 2 amide bonds. The first-order valence-corrected chi connectivity index (χ1v) is 7.02. The lowest BCUT2D eigenvalue weighted by molar-refractivity contribution is -0.128. The Balaban J connectivity index is 1.97. The molecule has 0 aliphatic carbocycles. The Morgan fingerprint density at radius 1 is 1.57 bits per heavy atom. The summed E-state index contributed by atoms with van der Waals surface area (Å²) in [7, 11) is 1.68. The molecule has 1 aromatic rings. The highest BCUT2D eigenvalue weighted by molar-refractivity contribution is 5.89. The zero-order valence-electron chi connectivity index (χ0n) is 12.9. The maximum absolute atomic E-state index is 12.1. The Morgan fingerprint density at radius 3 is 2.71 bits per heavy atom. The Morgan fingerprint density at radius 2 is 2.24 bits per heavy atom. The molecule has 6 nitrogen and oxygen atoms in total. The largest absolute Gasteiger partial charge is 0.466 e. The van der Waals surface area contributed by atoms with E-state index >= 15 is 0 Å². The van der Waals surface area contributed by atoms with E-state index in [0.29, 0.717) is 17.9 Å². The van der Waals surface area contributed by atoms with E-state index < -0.39 is 5.60 Å². The minimum Gasteiger partial charge on any atom is -0.466 e. The van der Waals surface area contributed by atoms with Crippen molar-refractivity contribution in [2.75, 3.05) is 20.1 Å². The number of aryl methyl sites for hydroxylation is 2. The van der Waals surface area contributed by atoms with Gasteiger partial charge in [-0.3, -0.25) is 9.59 Å². The topological polar surface area (TPSA) is 82.8 Å². The van der Waals surface area contributed by atoms with Crippen LogP contribution in [0.2, 0.25) is 0 Å². The number of carbonyl (C=O) groups excluding carboxylic acids is 2. The standard InChI is InChI=1S/C15H22N2O4/c1-9-5-12(10(2)21-9)15(3,20)8-16-14(19)11-6-13(18)17(4)7-11/h5,11,20H,6-8H2,1-4H3,(H,16,19). The van der Waals surface area contributed by atoms with Crippen LogP contribution in [0, 0.1) is 19.8 Å². The summed E-state index contributed by atoms with van der Waals surface area (Å²) in [4.78, 5) is 25.1. The van der Waals surface area contributed by atoms with Gasteiger partial charge in [0.05, 0.1) is 12.5 Å². The fraction of sp³-hybridized carbons (Fsp3) is 0.600. The SMILES string of the molecule is Cc1cc(C(C)(O)CNC(=O)C2CC(=O)N(C)C2)c(C)o1. The van der Waals surface area contributed by atoms with Gasteiger partial charge in [0, 0.05) is 25.6 Å². The molecule has 0 saturated carbocycles. The molecule has 21 heavy (non-hydrogen) atoms. The van der Waals surface area contributed by atoms with Gasteiger partial charge >= 0.3 is 0 Å². The fourth-order valence-corrected chi connectivity index (χ4v) is 2.70. The highest BCUT2D eigenvalue weighted by Gasteiger charge is 2.34. The monoisotopic (exact) mass is 294 g/mol. The number of nitrogens with zero attached hydrogens (tertiary/aromatic N) is 1. The predicted molar refractivity (Wildman–Crippen MR) is 76.5 cm³/mol. The smallest absolute Gasteiger partial charge is 0.225 e. The quantitative estimate of drug-likeness (QED) is 0.856. The van der Waals surface area contributed by atoms with Gasteiger partial charge in [-0.2, -0.15) is 0 Å². The Bertz CT molecular complexity index is 562. The van der Waals surface area contributed by atoms with E-state index in [9.17, 15) is 14.7 Å². The number of hydrogen-bond donors (Lipinski definition) is 2. The summed E-state index contributed by atoms with van der Waals surface area (Å²) >= 11 is 0. The van der Waals surface area contributed by atoms with E-state index in [4.69, 9.17) is 4.42 Å². The summed E-state index contributed by atoms with van der Waals surface area (Å²) in [5.74, 6) is 0.791. The third-order valence-electron chi connectivity index (χ3n) is 3.94. The van der Waals surface area contributed by atoms with Crippen molar-refractivity contribution in [1.29, 1.82) is 0 Å². The average Bonchev–Trinajstić information content (AvgIpc) is 2.90. The van der Waals surface area contributed by atoms with Gasteiger partial charge in [-0.1, -0.05) is 0 Å². The van der Waals surface area contributed by atoms with Crippen LogP contribution >= 0.6 is 0 Å². The molecular weight excluding hydrogens is 272 g/mol. The molecule has 1 aliphatic heterocycles. The molecular formula is C15H22N2O4. The lowest BCUT2D eigenvalue weighted by Gasteiger charge is -2.24. The average molecular weight is 294 g/mol. The Hall–Kier alpha value is -1.82. The van der Waals surface area contributed by atoms with Crippen molar-refractivity contribution in [2.45, 2.75) is 32.8 Å². The summed E-state index contributed by atoms with van der Waals surface area (Å²) in [6.07, 6.45) is 0.230. The van der Waals surface area contributed by atoms with Crippen molar-refractivity contribution in [2.24, 2.45) is 5.92 Å². The van der Waals surface area contributed by atoms with Crippen molar-refractivity contribution >= 4 is 11.8 Å². The summed E-state index contributed by atoms with van der Waals surface area (Å²) < 4.78 is 5.41. The van der Waals surface area contributed by atoms with Crippen molar-refractivity contribution in [1.82, 2.24) is 10.2 Å². The maximum atomic E-state index is 12.1. The summed E-state index contributed by atoms with van der Waals surface area (Å²) in [6, 6.07) is 1.77. The molecule has 0 bridgehead atoms. The first kappa shape index (κ1) is 15.6.